The van der Waals surface area contributed by atoms with Gasteiger partial charge in [0.15, 0.2) is 0 Å². The van der Waals surface area contributed by atoms with Crippen molar-refractivity contribution in [2.45, 2.75) is 62.3 Å². The van der Waals surface area contributed by atoms with Crippen LogP contribution in [-0.4, -0.2) is 0 Å². The minimum atomic E-state index is 1.28. The normalized spacial score (nSPS) is 5.13. The van der Waals surface area contributed by atoms with Gasteiger partial charge in [-0.15, -0.1) is 13.2 Å². The highest BCUT2D eigenvalue weighted by molar-refractivity contribution is 5.18. The number of hydrogen-bond acceptors (Lipinski definition) is 0. The van der Waals surface area contributed by atoms with Gasteiger partial charge in [0.2, 0.25) is 0 Å². The summed E-state index contributed by atoms with van der Waals surface area (Å²) in [5.41, 5.74) is 2.62. The van der Waals surface area contributed by atoms with Gasteiger partial charge in [-0.1, -0.05) is 65.3 Å². The molecule has 0 bridgehead atoms. The Morgan fingerprint density at radius 2 is 0.933 bits per heavy atom. The fourth-order valence-electron chi connectivity index (χ4n) is 0.204. The van der Waals surface area contributed by atoms with Crippen LogP contribution in [-0.2, 0) is 0 Å². The first-order chi connectivity index (χ1) is 7.18. The maximum atomic E-state index is 3.62. The van der Waals surface area contributed by atoms with E-state index in [1.807, 2.05) is 47.6 Å². The fourth-order valence-corrected chi connectivity index (χ4v) is 0.204. The van der Waals surface area contributed by atoms with E-state index in [2.05, 4.69) is 40.5 Å². The number of allylic oxidation sites excluding steroid dienone is 3. The Morgan fingerprint density at radius 1 is 0.733 bits per heavy atom. The zero-order chi connectivity index (χ0) is 13.9. The zero-order valence-electron chi connectivity index (χ0n) is 12.7. The molecule has 0 saturated carbocycles. The van der Waals surface area contributed by atoms with E-state index >= 15 is 0 Å². The molecule has 0 saturated heterocycles. The molecule has 0 N–H and O–H groups in total. The molecular formula is C15H34. The van der Waals surface area contributed by atoms with E-state index in [4.69, 9.17) is 0 Å². The molecule has 0 aliphatic heterocycles. The van der Waals surface area contributed by atoms with E-state index in [1.165, 1.54) is 11.1 Å². The molecule has 0 unspecified atom stereocenters. The second-order valence-corrected chi connectivity index (χ2v) is 1.89. The Labute approximate surface area is 99.8 Å². The van der Waals surface area contributed by atoms with Gasteiger partial charge in [0, 0.05) is 0 Å². The topological polar surface area (TPSA) is 0 Å². The van der Waals surface area contributed by atoms with Crippen molar-refractivity contribution in [1.82, 2.24) is 0 Å². The third kappa shape index (κ3) is 61.1. The smallest absolute Gasteiger partial charge is 0.0399 e. The molecule has 94 valence electrons. The monoisotopic (exact) mass is 214 g/mol. The molecule has 0 radical (unpaired) electrons. The quantitative estimate of drug-likeness (QED) is 0.349. The van der Waals surface area contributed by atoms with Crippen molar-refractivity contribution < 1.29 is 0 Å². The Bertz CT molecular complexity index is 103. The van der Waals surface area contributed by atoms with Crippen molar-refractivity contribution >= 4 is 0 Å². The predicted molar refractivity (Wildman–Crippen MR) is 79.5 cm³/mol. The van der Waals surface area contributed by atoms with Crippen molar-refractivity contribution in [1.29, 1.82) is 0 Å². The molecule has 0 nitrogen and oxygen atoms in total. The fraction of sp³-hybridized carbons (Fsp3) is 0.600. The van der Waals surface area contributed by atoms with Crippen LogP contribution in [0.2, 0.25) is 0 Å². The van der Waals surface area contributed by atoms with Crippen molar-refractivity contribution in [3.05, 3.63) is 37.0 Å². The summed E-state index contributed by atoms with van der Waals surface area (Å²) in [5.74, 6) is 0. The van der Waals surface area contributed by atoms with Gasteiger partial charge in [-0.2, -0.15) is 0 Å². The van der Waals surface area contributed by atoms with Gasteiger partial charge in [0.05, 0.1) is 0 Å². The van der Waals surface area contributed by atoms with Gasteiger partial charge >= 0.3 is 0 Å². The number of rotatable bonds is 1. The maximum Gasteiger partial charge on any atom is -0.0399 e. The molecule has 0 aromatic rings. The van der Waals surface area contributed by atoms with E-state index in [0.717, 1.165) is 0 Å². The summed E-state index contributed by atoms with van der Waals surface area (Å²) < 4.78 is 0. The summed E-state index contributed by atoms with van der Waals surface area (Å²) in [6, 6.07) is 0. The molecule has 0 heterocycles. The lowest BCUT2D eigenvalue weighted by Crippen LogP contribution is -1.69. The molecule has 0 heteroatoms. The summed E-state index contributed by atoms with van der Waals surface area (Å²) in [7, 11) is 0. The molecule has 0 aromatic carbocycles. The van der Waals surface area contributed by atoms with Crippen LogP contribution in [0.1, 0.15) is 62.3 Å². The lowest BCUT2D eigenvalue weighted by molar-refractivity contribution is 1.30. The van der Waals surface area contributed by atoms with Crippen LogP contribution in [0.25, 0.3) is 0 Å². The minimum absolute atomic E-state index is 1.28. The first-order valence-electron chi connectivity index (χ1n) is 5.95. The van der Waals surface area contributed by atoms with Crippen LogP contribution in [0.5, 0.6) is 0 Å². The lowest BCUT2D eigenvalue weighted by atomic mass is 10.2. The van der Waals surface area contributed by atoms with E-state index in [-0.39, 0.29) is 0 Å². The van der Waals surface area contributed by atoms with Crippen molar-refractivity contribution in [2.75, 3.05) is 0 Å². The van der Waals surface area contributed by atoms with Crippen LogP contribution in [0.4, 0.5) is 0 Å². The van der Waals surface area contributed by atoms with E-state index < -0.39 is 0 Å². The zero-order valence-corrected chi connectivity index (χ0v) is 12.7. The average Bonchev–Trinajstić information content (AvgIpc) is 2.37. The van der Waals surface area contributed by atoms with Gasteiger partial charge in [0.1, 0.15) is 0 Å². The summed E-state index contributed by atoms with van der Waals surface area (Å²) in [5, 5.41) is 0. The van der Waals surface area contributed by atoms with Crippen LogP contribution in [0, 0.1) is 0 Å². The van der Waals surface area contributed by atoms with E-state index in [9.17, 15) is 0 Å². The highest BCUT2D eigenvalue weighted by Crippen LogP contribution is 2.00. The summed E-state index contributed by atoms with van der Waals surface area (Å²) >= 11 is 0. The van der Waals surface area contributed by atoms with Crippen molar-refractivity contribution in [2.24, 2.45) is 0 Å². The minimum Gasteiger partial charge on any atom is -0.106 e. The Morgan fingerprint density at radius 3 is 0.933 bits per heavy atom. The van der Waals surface area contributed by atoms with Gasteiger partial charge < -0.3 is 0 Å². The molecule has 0 rings (SSSR count). The molecule has 0 amide bonds. The van der Waals surface area contributed by atoms with Crippen LogP contribution in [0.3, 0.4) is 0 Å². The lowest BCUT2D eigenvalue weighted by Gasteiger charge is -1.90. The van der Waals surface area contributed by atoms with Crippen molar-refractivity contribution in [3.63, 3.8) is 0 Å². The first-order valence-corrected chi connectivity index (χ1v) is 5.95. The van der Waals surface area contributed by atoms with Crippen LogP contribution >= 0.6 is 0 Å². The average molecular weight is 214 g/mol. The van der Waals surface area contributed by atoms with Crippen LogP contribution in [0.15, 0.2) is 37.0 Å². The second-order valence-electron chi connectivity index (χ2n) is 1.89. The second kappa shape index (κ2) is 51.0. The highest BCUT2D eigenvalue weighted by atomic mass is 13.9. The Balaban J connectivity index is -0.0000000353. The predicted octanol–water partition coefficient (Wildman–Crippen LogP) is 6.41. The molecule has 0 aliphatic rings. The first kappa shape index (κ1) is 29.2. The Hall–Kier alpha value is -0.780. The third-order valence-corrected chi connectivity index (χ3v) is 1.09. The standard InChI is InChI=1S/C7H12.3C2H6.C2H4/c1-5-7(4)6(2)3;4*1-2/h5H,1H2,2-4H3;3*1-2H3;1-2H2. The van der Waals surface area contributed by atoms with Gasteiger partial charge in [-0.25, -0.2) is 0 Å². The highest BCUT2D eigenvalue weighted by Gasteiger charge is 1.79. The van der Waals surface area contributed by atoms with Gasteiger partial charge in [0.25, 0.3) is 0 Å². The van der Waals surface area contributed by atoms with Crippen LogP contribution < -0.4 is 0 Å². The molecule has 0 aromatic heterocycles. The summed E-state index contributed by atoms with van der Waals surface area (Å²) in [6.45, 7) is 27.8. The SMILES string of the molecule is C=C.C=CC(C)=C(C)C.CC.CC.CC. The van der Waals surface area contributed by atoms with E-state index in [0.29, 0.717) is 0 Å². The molecular weight excluding hydrogens is 180 g/mol. The summed E-state index contributed by atoms with van der Waals surface area (Å²) in [6.07, 6.45) is 1.87. The molecule has 15 heavy (non-hydrogen) atoms. The molecule has 0 spiro atoms. The maximum absolute atomic E-state index is 3.62. The van der Waals surface area contributed by atoms with Gasteiger partial charge in [-0.05, 0) is 20.8 Å². The Kier molecular flexibility index (Phi) is 99.4. The molecule has 0 atom stereocenters. The van der Waals surface area contributed by atoms with E-state index in [1.54, 1.807) is 0 Å². The molecule has 0 aliphatic carbocycles. The number of hydrogen-bond donors (Lipinski definition) is 0. The van der Waals surface area contributed by atoms with Gasteiger partial charge in [-0.3, -0.25) is 0 Å². The summed E-state index contributed by atoms with van der Waals surface area (Å²) in [4.78, 5) is 0. The largest absolute Gasteiger partial charge is 0.106 e. The third-order valence-electron chi connectivity index (χ3n) is 1.09. The van der Waals surface area contributed by atoms with Crippen molar-refractivity contribution in [3.8, 4) is 0 Å². The molecule has 0 fully saturated rings.